The van der Waals surface area contributed by atoms with Crippen molar-refractivity contribution in [1.82, 2.24) is 4.90 Å². The van der Waals surface area contributed by atoms with Gasteiger partial charge in [0, 0.05) is 7.11 Å². The highest BCUT2D eigenvalue weighted by molar-refractivity contribution is 5.78. The van der Waals surface area contributed by atoms with Crippen molar-refractivity contribution in [2.45, 2.75) is 39.2 Å². The fourth-order valence-electron chi connectivity index (χ4n) is 1.67. The summed E-state index contributed by atoms with van der Waals surface area (Å²) in [6, 6.07) is 0. The molecule has 15 heavy (non-hydrogen) atoms. The predicted molar refractivity (Wildman–Crippen MR) is 60.1 cm³/mol. The molecule has 0 heterocycles. The molecule has 1 atom stereocenters. The fraction of sp³-hybridized carbons (Fsp3) is 0.909. The highest BCUT2D eigenvalue weighted by atomic mass is 16.5. The highest BCUT2D eigenvalue weighted by Crippen LogP contribution is 2.16. The Kier molecular flexibility index (Phi) is 6.52. The van der Waals surface area contributed by atoms with Gasteiger partial charge in [0.25, 0.3) is 0 Å². The maximum absolute atomic E-state index is 11.3. The van der Waals surface area contributed by atoms with Gasteiger partial charge in [-0.05, 0) is 26.4 Å². The molecule has 90 valence electrons. The molecule has 0 saturated heterocycles. The molecule has 0 aromatic heterocycles. The second-order valence-electron chi connectivity index (χ2n) is 3.95. The molecule has 0 spiro atoms. The first-order valence-electron chi connectivity index (χ1n) is 5.50. The lowest BCUT2D eigenvalue weighted by Gasteiger charge is -2.36. The monoisotopic (exact) mass is 217 g/mol. The van der Waals surface area contributed by atoms with E-state index in [-0.39, 0.29) is 6.61 Å². The van der Waals surface area contributed by atoms with Crippen molar-refractivity contribution in [1.29, 1.82) is 0 Å². The van der Waals surface area contributed by atoms with Crippen LogP contribution in [0.3, 0.4) is 0 Å². The van der Waals surface area contributed by atoms with Crippen LogP contribution >= 0.6 is 0 Å². The third kappa shape index (κ3) is 3.80. The van der Waals surface area contributed by atoms with Crippen molar-refractivity contribution >= 4 is 5.97 Å². The number of carboxylic acids is 1. The number of hydrogen-bond acceptors (Lipinski definition) is 3. The number of methoxy groups -OCH3 is 1. The Morgan fingerprint density at radius 3 is 2.40 bits per heavy atom. The lowest BCUT2D eigenvalue weighted by Crippen LogP contribution is -2.55. The largest absolute Gasteiger partial charge is 0.480 e. The number of rotatable bonds is 8. The number of ether oxygens (including phenoxy) is 1. The third-order valence-corrected chi connectivity index (χ3v) is 2.75. The van der Waals surface area contributed by atoms with Crippen molar-refractivity contribution in [3.8, 4) is 0 Å². The first-order chi connectivity index (χ1) is 7.02. The van der Waals surface area contributed by atoms with Crippen molar-refractivity contribution < 1.29 is 14.6 Å². The van der Waals surface area contributed by atoms with E-state index in [4.69, 9.17) is 4.74 Å². The van der Waals surface area contributed by atoms with E-state index in [1.165, 1.54) is 7.11 Å². The molecule has 0 radical (unpaired) electrons. The minimum atomic E-state index is -0.904. The van der Waals surface area contributed by atoms with Crippen molar-refractivity contribution in [3.63, 3.8) is 0 Å². The maximum Gasteiger partial charge on any atom is 0.326 e. The third-order valence-electron chi connectivity index (χ3n) is 2.75. The molecule has 0 rings (SSSR count). The van der Waals surface area contributed by atoms with Gasteiger partial charge in [-0.1, -0.05) is 20.3 Å². The van der Waals surface area contributed by atoms with Gasteiger partial charge in [0.1, 0.15) is 5.54 Å². The first kappa shape index (κ1) is 14.4. The molecule has 0 bridgehead atoms. The van der Waals surface area contributed by atoms with Gasteiger partial charge in [-0.15, -0.1) is 0 Å². The first-order valence-corrected chi connectivity index (χ1v) is 5.50. The van der Waals surface area contributed by atoms with E-state index in [0.717, 1.165) is 25.9 Å². The lowest BCUT2D eigenvalue weighted by molar-refractivity contribution is -0.154. The molecule has 0 aromatic carbocycles. The highest BCUT2D eigenvalue weighted by Gasteiger charge is 2.38. The molecule has 4 heteroatoms. The quantitative estimate of drug-likeness (QED) is 0.671. The second-order valence-corrected chi connectivity index (χ2v) is 3.95. The van der Waals surface area contributed by atoms with Gasteiger partial charge in [-0.3, -0.25) is 9.69 Å². The van der Waals surface area contributed by atoms with Crippen LogP contribution in [0, 0.1) is 0 Å². The summed E-state index contributed by atoms with van der Waals surface area (Å²) in [5.41, 5.74) is -0.904. The Morgan fingerprint density at radius 2 is 2.07 bits per heavy atom. The smallest absolute Gasteiger partial charge is 0.326 e. The molecule has 0 aliphatic heterocycles. The molecule has 1 N–H and O–H groups in total. The van der Waals surface area contributed by atoms with Crippen LogP contribution in [0.15, 0.2) is 0 Å². The van der Waals surface area contributed by atoms with Gasteiger partial charge in [0.15, 0.2) is 0 Å². The van der Waals surface area contributed by atoms with E-state index < -0.39 is 11.5 Å². The van der Waals surface area contributed by atoms with Crippen LogP contribution in [0.5, 0.6) is 0 Å². The second kappa shape index (κ2) is 6.80. The Labute approximate surface area is 92.2 Å². The molecule has 0 aliphatic carbocycles. The van der Waals surface area contributed by atoms with Crippen molar-refractivity contribution in [3.05, 3.63) is 0 Å². The molecule has 0 aromatic rings. The van der Waals surface area contributed by atoms with Crippen molar-refractivity contribution in [2.75, 3.05) is 26.8 Å². The zero-order chi connectivity index (χ0) is 11.9. The summed E-state index contributed by atoms with van der Waals surface area (Å²) in [7, 11) is 1.54. The number of hydrogen-bond donors (Lipinski definition) is 1. The molecule has 0 aliphatic rings. The summed E-state index contributed by atoms with van der Waals surface area (Å²) in [5, 5.41) is 9.24. The average molecular weight is 217 g/mol. The number of carbonyl (C=O) groups is 1. The molecule has 0 fully saturated rings. The minimum absolute atomic E-state index is 0.222. The van der Waals surface area contributed by atoms with Gasteiger partial charge in [0.05, 0.1) is 6.61 Å². The Hall–Kier alpha value is -0.610. The van der Waals surface area contributed by atoms with Gasteiger partial charge >= 0.3 is 5.97 Å². The van der Waals surface area contributed by atoms with Gasteiger partial charge in [0.2, 0.25) is 0 Å². The van der Waals surface area contributed by atoms with Crippen LogP contribution in [0.4, 0.5) is 0 Å². The van der Waals surface area contributed by atoms with Crippen molar-refractivity contribution in [2.24, 2.45) is 0 Å². The topological polar surface area (TPSA) is 49.8 Å². The predicted octanol–water partition coefficient (Wildman–Crippen LogP) is 1.60. The summed E-state index contributed by atoms with van der Waals surface area (Å²) in [6.45, 7) is 7.55. The van der Waals surface area contributed by atoms with Crippen LogP contribution in [0.2, 0.25) is 0 Å². The molecular weight excluding hydrogens is 194 g/mol. The van der Waals surface area contributed by atoms with E-state index in [1.807, 2.05) is 11.8 Å². The molecular formula is C11H23NO3. The number of nitrogens with zero attached hydrogens (tertiary/aromatic N) is 1. The van der Waals surface area contributed by atoms with Gasteiger partial charge in [-0.25, -0.2) is 0 Å². The molecule has 0 amide bonds. The zero-order valence-corrected chi connectivity index (χ0v) is 10.2. The molecule has 0 saturated carbocycles. The summed E-state index contributed by atoms with van der Waals surface area (Å²) >= 11 is 0. The molecule has 4 nitrogen and oxygen atoms in total. The van der Waals surface area contributed by atoms with Crippen LogP contribution in [0.25, 0.3) is 0 Å². The van der Waals surface area contributed by atoms with Gasteiger partial charge in [-0.2, -0.15) is 0 Å². The Morgan fingerprint density at radius 1 is 1.47 bits per heavy atom. The van der Waals surface area contributed by atoms with E-state index in [1.54, 1.807) is 6.92 Å². The van der Waals surface area contributed by atoms with E-state index >= 15 is 0 Å². The van der Waals surface area contributed by atoms with E-state index in [2.05, 4.69) is 6.92 Å². The lowest BCUT2D eigenvalue weighted by atomic mass is 10.0. The zero-order valence-electron chi connectivity index (χ0n) is 10.2. The van der Waals surface area contributed by atoms with Crippen LogP contribution in [0.1, 0.15) is 33.6 Å². The SMILES string of the molecule is CCCCN(CC)C(C)(COC)C(=O)O. The number of carboxylic acid groups (broad SMARTS) is 1. The Balaban J connectivity index is 4.61. The van der Waals surface area contributed by atoms with Crippen LogP contribution < -0.4 is 0 Å². The number of likely N-dealkylation sites (N-methyl/N-ethyl adjacent to an activating group) is 1. The summed E-state index contributed by atoms with van der Waals surface area (Å²) < 4.78 is 5.01. The number of unbranched alkanes of at least 4 members (excludes halogenated alkanes) is 1. The van der Waals surface area contributed by atoms with Crippen LogP contribution in [-0.4, -0.2) is 48.3 Å². The van der Waals surface area contributed by atoms with Crippen LogP contribution in [-0.2, 0) is 9.53 Å². The standard InChI is InChI=1S/C11H23NO3/c1-5-7-8-12(6-2)11(3,9-15-4)10(13)14/h5-9H2,1-4H3,(H,13,14). The molecule has 1 unspecified atom stereocenters. The summed E-state index contributed by atoms with van der Waals surface area (Å²) in [4.78, 5) is 13.2. The average Bonchev–Trinajstić information content (AvgIpc) is 2.19. The Bertz CT molecular complexity index is 196. The van der Waals surface area contributed by atoms with E-state index in [9.17, 15) is 9.90 Å². The minimum Gasteiger partial charge on any atom is -0.480 e. The van der Waals surface area contributed by atoms with Gasteiger partial charge < -0.3 is 9.84 Å². The summed E-state index contributed by atoms with van der Waals surface area (Å²) in [5.74, 6) is -0.817. The normalized spacial score (nSPS) is 15.3. The van der Waals surface area contributed by atoms with E-state index in [0.29, 0.717) is 0 Å². The maximum atomic E-state index is 11.3. The fourth-order valence-corrected chi connectivity index (χ4v) is 1.67. The number of aliphatic carboxylic acids is 1. The summed E-state index contributed by atoms with van der Waals surface area (Å²) in [6.07, 6.45) is 2.08.